The maximum Gasteiger partial charge on any atom is 0.472 e. The number of phosphoric ester groups is 2. The summed E-state index contributed by atoms with van der Waals surface area (Å²) in [5.41, 5.74) is 0. The summed E-state index contributed by atoms with van der Waals surface area (Å²) in [5, 5.41) is 10.7. The number of esters is 4. The van der Waals surface area contributed by atoms with Gasteiger partial charge in [-0.1, -0.05) is 407 Å². The van der Waals surface area contributed by atoms with Crippen LogP contribution in [0.1, 0.15) is 458 Å². The highest BCUT2D eigenvalue weighted by atomic mass is 31.2. The Kier molecular flexibility index (Phi) is 76.3. The molecule has 0 rings (SSSR count). The molecule has 0 aliphatic rings. The fraction of sp³-hybridized carbons (Fsp3) is 0.953. The maximum atomic E-state index is 13.1. The predicted molar refractivity (Wildman–Crippen MR) is 428 cm³/mol. The minimum atomic E-state index is -4.96. The molecule has 2 unspecified atom stereocenters. The van der Waals surface area contributed by atoms with Crippen molar-refractivity contribution in [3.8, 4) is 0 Å². The van der Waals surface area contributed by atoms with Gasteiger partial charge >= 0.3 is 39.5 Å². The summed E-state index contributed by atoms with van der Waals surface area (Å²) in [6.07, 6.45) is 70.8. The van der Waals surface area contributed by atoms with E-state index in [9.17, 15) is 43.2 Å². The SMILES string of the molecule is CCCCCCCCCCCCCCCCCCCCCCCC(=O)O[C@H](COC(=O)CCCCCCCCCCCCCCCCCCCC)COP(=O)(O)OC[C@@H](O)COP(=O)(O)OC[C@@H](COC(=O)CCCCCCCCCCCCC)OC(=O)CCCCCCCCCCCCCC(C)C. The molecule has 618 valence electrons. The number of phosphoric acid groups is 2. The summed E-state index contributed by atoms with van der Waals surface area (Å²) in [5.74, 6) is -1.34. The normalized spacial score (nSPS) is 13.8. The molecule has 0 amide bonds. The molecule has 0 aliphatic heterocycles. The van der Waals surface area contributed by atoms with E-state index in [2.05, 4.69) is 34.6 Å². The lowest BCUT2D eigenvalue weighted by atomic mass is 10.0. The summed E-state index contributed by atoms with van der Waals surface area (Å²) in [7, 11) is -9.92. The van der Waals surface area contributed by atoms with E-state index in [1.807, 2.05) is 0 Å². The molecule has 0 saturated carbocycles. The van der Waals surface area contributed by atoms with E-state index in [0.29, 0.717) is 25.7 Å². The van der Waals surface area contributed by atoms with Crippen LogP contribution in [0.15, 0.2) is 0 Å². The van der Waals surface area contributed by atoms with Crippen molar-refractivity contribution in [1.82, 2.24) is 0 Å². The highest BCUT2D eigenvalue weighted by Crippen LogP contribution is 2.45. The Hall–Kier alpha value is -1.94. The summed E-state index contributed by atoms with van der Waals surface area (Å²) >= 11 is 0. The van der Waals surface area contributed by atoms with Gasteiger partial charge in [0.1, 0.15) is 19.3 Å². The van der Waals surface area contributed by atoms with Gasteiger partial charge < -0.3 is 33.8 Å². The number of carbonyl (C=O) groups excluding carboxylic acids is 4. The van der Waals surface area contributed by atoms with E-state index in [1.165, 1.54) is 283 Å². The highest BCUT2D eigenvalue weighted by Gasteiger charge is 2.30. The third-order valence-electron chi connectivity index (χ3n) is 20.0. The third-order valence-corrected chi connectivity index (χ3v) is 21.9. The summed E-state index contributed by atoms with van der Waals surface area (Å²) in [4.78, 5) is 73.2. The maximum absolute atomic E-state index is 13.1. The van der Waals surface area contributed by atoms with Crippen molar-refractivity contribution in [3.05, 3.63) is 0 Å². The van der Waals surface area contributed by atoms with Gasteiger partial charge in [-0.25, -0.2) is 9.13 Å². The Morgan fingerprint density at radius 3 is 0.654 bits per heavy atom. The first-order valence-electron chi connectivity index (χ1n) is 44.1. The molecule has 17 nitrogen and oxygen atoms in total. The Bertz CT molecular complexity index is 1980. The minimum Gasteiger partial charge on any atom is -0.462 e. The summed E-state index contributed by atoms with van der Waals surface area (Å²) in [6.45, 7) is 7.35. The Labute approximate surface area is 638 Å². The molecule has 104 heavy (non-hydrogen) atoms. The molecule has 0 aliphatic carbocycles. The molecule has 5 atom stereocenters. The number of hydrogen-bond acceptors (Lipinski definition) is 15. The van der Waals surface area contributed by atoms with Crippen LogP contribution in [0, 0.1) is 5.92 Å². The Morgan fingerprint density at radius 2 is 0.442 bits per heavy atom. The zero-order valence-electron chi connectivity index (χ0n) is 68.2. The van der Waals surface area contributed by atoms with Crippen molar-refractivity contribution >= 4 is 39.5 Å². The van der Waals surface area contributed by atoms with Gasteiger partial charge in [-0.2, -0.15) is 0 Å². The largest absolute Gasteiger partial charge is 0.472 e. The van der Waals surface area contributed by atoms with Crippen LogP contribution in [0.25, 0.3) is 0 Å². The number of hydrogen-bond donors (Lipinski definition) is 3. The zero-order chi connectivity index (χ0) is 76.2. The molecule has 0 aromatic heterocycles. The lowest BCUT2D eigenvalue weighted by molar-refractivity contribution is -0.161. The molecule has 0 saturated heterocycles. The van der Waals surface area contributed by atoms with Gasteiger partial charge in [0, 0.05) is 25.7 Å². The smallest absolute Gasteiger partial charge is 0.462 e. The number of carbonyl (C=O) groups is 4. The van der Waals surface area contributed by atoms with Gasteiger partial charge in [0.05, 0.1) is 26.4 Å². The minimum absolute atomic E-state index is 0.107. The van der Waals surface area contributed by atoms with Crippen molar-refractivity contribution in [2.45, 2.75) is 477 Å². The average molecular weight is 1520 g/mol. The molecule has 0 radical (unpaired) electrons. The third kappa shape index (κ3) is 78.2. The predicted octanol–water partition coefficient (Wildman–Crippen LogP) is 26.0. The highest BCUT2D eigenvalue weighted by molar-refractivity contribution is 7.47. The molecule has 0 aromatic carbocycles. The lowest BCUT2D eigenvalue weighted by Crippen LogP contribution is -2.30. The second-order valence-electron chi connectivity index (χ2n) is 31.1. The van der Waals surface area contributed by atoms with Crippen molar-refractivity contribution in [1.29, 1.82) is 0 Å². The van der Waals surface area contributed by atoms with E-state index < -0.39 is 97.5 Å². The number of ether oxygens (including phenoxy) is 4. The average Bonchev–Trinajstić information content (AvgIpc) is 0.930. The number of aliphatic hydroxyl groups is 1. The Balaban J connectivity index is 5.23. The summed E-state index contributed by atoms with van der Waals surface area (Å²) < 4.78 is 68.9. The topological polar surface area (TPSA) is 237 Å². The van der Waals surface area contributed by atoms with Crippen LogP contribution >= 0.6 is 15.6 Å². The molecule has 3 N–H and O–H groups in total. The van der Waals surface area contributed by atoms with Gasteiger partial charge in [0.2, 0.25) is 0 Å². The van der Waals surface area contributed by atoms with Crippen LogP contribution in [0.2, 0.25) is 0 Å². The van der Waals surface area contributed by atoms with Crippen LogP contribution in [0.4, 0.5) is 0 Å². The van der Waals surface area contributed by atoms with E-state index in [-0.39, 0.29) is 25.7 Å². The number of unbranched alkanes of at least 4 members (excludes halogenated alkanes) is 57. The molecule has 0 fully saturated rings. The van der Waals surface area contributed by atoms with Crippen molar-refractivity contribution in [3.63, 3.8) is 0 Å². The summed E-state index contributed by atoms with van der Waals surface area (Å²) in [6, 6.07) is 0. The fourth-order valence-electron chi connectivity index (χ4n) is 13.3. The lowest BCUT2D eigenvalue weighted by Gasteiger charge is -2.21. The number of aliphatic hydroxyl groups excluding tert-OH is 1. The molecule has 19 heteroatoms. The van der Waals surface area contributed by atoms with E-state index >= 15 is 0 Å². The standard InChI is InChI=1S/C85H166O17P2/c1-6-9-12-15-18-21-24-26-28-30-32-33-34-36-38-40-45-50-55-60-65-70-84(89)101-81(75-96-83(88)69-64-59-54-49-44-39-37-35-31-29-27-25-22-19-16-13-10-7-2)77-100-104(93,94)98-73-79(86)72-97-103(91,92)99-76-80(74-95-82(87)68-63-58-53-48-42-23-20-17-14-11-8-3)102-85(90)71-66-61-56-51-46-41-43-47-52-57-62-67-78(4)5/h78-81,86H,6-77H2,1-5H3,(H,91,92)(H,93,94)/t79-,80+,81+/m0/s1. The van der Waals surface area contributed by atoms with Crippen LogP contribution in [-0.4, -0.2) is 96.7 Å². The van der Waals surface area contributed by atoms with Gasteiger partial charge in [0.25, 0.3) is 0 Å². The molecule has 0 aromatic rings. The van der Waals surface area contributed by atoms with Crippen LogP contribution in [0.5, 0.6) is 0 Å². The molecular weight excluding hydrogens is 1350 g/mol. The van der Waals surface area contributed by atoms with Gasteiger partial charge in [0.15, 0.2) is 12.2 Å². The quantitative estimate of drug-likeness (QED) is 0.0222. The Morgan fingerprint density at radius 1 is 0.260 bits per heavy atom. The first-order chi connectivity index (χ1) is 50.5. The van der Waals surface area contributed by atoms with Gasteiger partial charge in [-0.05, 0) is 31.6 Å². The second kappa shape index (κ2) is 77.8. The second-order valence-corrected chi connectivity index (χ2v) is 34.0. The fourth-order valence-corrected chi connectivity index (χ4v) is 14.9. The van der Waals surface area contributed by atoms with Crippen molar-refractivity contribution in [2.75, 3.05) is 39.6 Å². The van der Waals surface area contributed by atoms with E-state index in [4.69, 9.17) is 37.0 Å². The van der Waals surface area contributed by atoms with Gasteiger partial charge in [-0.3, -0.25) is 37.3 Å². The first-order valence-corrected chi connectivity index (χ1v) is 47.1. The molecular formula is C85H166O17P2. The van der Waals surface area contributed by atoms with E-state index in [1.54, 1.807) is 0 Å². The van der Waals surface area contributed by atoms with Crippen molar-refractivity contribution in [2.24, 2.45) is 5.92 Å². The van der Waals surface area contributed by atoms with Crippen LogP contribution < -0.4 is 0 Å². The molecule has 0 spiro atoms. The van der Waals surface area contributed by atoms with Crippen LogP contribution in [-0.2, 0) is 65.4 Å². The van der Waals surface area contributed by atoms with Crippen LogP contribution in [0.3, 0.4) is 0 Å². The van der Waals surface area contributed by atoms with E-state index in [0.717, 1.165) is 95.8 Å². The molecule has 0 bridgehead atoms. The zero-order valence-corrected chi connectivity index (χ0v) is 70.0. The monoisotopic (exact) mass is 1520 g/mol. The van der Waals surface area contributed by atoms with Gasteiger partial charge in [-0.15, -0.1) is 0 Å². The van der Waals surface area contributed by atoms with Crippen molar-refractivity contribution < 1.29 is 80.2 Å². The number of rotatable bonds is 85. The first kappa shape index (κ1) is 102. The molecule has 0 heterocycles.